The van der Waals surface area contributed by atoms with E-state index < -0.39 is 0 Å². The lowest BCUT2D eigenvalue weighted by atomic mass is 10.1. The summed E-state index contributed by atoms with van der Waals surface area (Å²) in [4.78, 5) is 19.4. The third kappa shape index (κ3) is 6.52. The Morgan fingerprint density at radius 3 is 2.83 bits per heavy atom. The molecule has 1 aliphatic rings. The fraction of sp³-hybridized carbons (Fsp3) is 0.545. The summed E-state index contributed by atoms with van der Waals surface area (Å²) in [7, 11) is 1.62. The molecule has 1 N–H and O–H groups in total. The number of hydrogen-bond acceptors (Lipinski definition) is 6. The third-order valence-electron chi connectivity index (χ3n) is 5.05. The van der Waals surface area contributed by atoms with Gasteiger partial charge in [-0.05, 0) is 37.0 Å². The summed E-state index contributed by atoms with van der Waals surface area (Å²) < 4.78 is 11.1. The van der Waals surface area contributed by atoms with Crippen LogP contribution in [0.15, 0.2) is 29.6 Å². The van der Waals surface area contributed by atoms with Gasteiger partial charge in [-0.3, -0.25) is 9.69 Å². The Balaban J connectivity index is 1.46. The lowest BCUT2D eigenvalue weighted by molar-refractivity contribution is 0.0924. The van der Waals surface area contributed by atoms with Crippen LogP contribution >= 0.6 is 11.3 Å². The fourth-order valence-corrected chi connectivity index (χ4v) is 4.31. The molecular formula is C22H31N3O3S. The van der Waals surface area contributed by atoms with E-state index in [2.05, 4.69) is 29.4 Å². The Morgan fingerprint density at radius 2 is 2.14 bits per heavy atom. The number of amides is 1. The van der Waals surface area contributed by atoms with Gasteiger partial charge in [0.2, 0.25) is 0 Å². The largest absolute Gasteiger partial charge is 0.490 e. The van der Waals surface area contributed by atoms with Crippen LogP contribution in [-0.4, -0.2) is 55.2 Å². The van der Waals surface area contributed by atoms with Gasteiger partial charge >= 0.3 is 0 Å². The topological polar surface area (TPSA) is 63.7 Å². The van der Waals surface area contributed by atoms with E-state index in [-0.39, 0.29) is 12.0 Å². The summed E-state index contributed by atoms with van der Waals surface area (Å²) >= 11 is 1.76. The number of carbonyl (C=O) groups is 1. The van der Waals surface area contributed by atoms with Crippen molar-refractivity contribution in [3.63, 3.8) is 0 Å². The lowest BCUT2D eigenvalue weighted by Gasteiger charge is -2.31. The van der Waals surface area contributed by atoms with Crippen LogP contribution in [0.3, 0.4) is 0 Å². The molecule has 6 nitrogen and oxygen atoms in total. The number of nitrogens with zero attached hydrogens (tertiary/aromatic N) is 2. The number of benzene rings is 1. The Labute approximate surface area is 177 Å². The van der Waals surface area contributed by atoms with Gasteiger partial charge in [-0.2, -0.15) is 0 Å². The maximum absolute atomic E-state index is 12.2. The highest BCUT2D eigenvalue weighted by molar-refractivity contribution is 7.09. The number of nitrogens with one attached hydrogen (secondary N) is 1. The Hall–Kier alpha value is -1.96. The number of hydrogen-bond donors (Lipinski definition) is 1. The van der Waals surface area contributed by atoms with Crippen molar-refractivity contribution in [2.24, 2.45) is 0 Å². The summed E-state index contributed by atoms with van der Waals surface area (Å²) in [5.41, 5.74) is 1.80. The minimum Gasteiger partial charge on any atom is -0.490 e. The van der Waals surface area contributed by atoms with Gasteiger partial charge in [0.15, 0.2) is 0 Å². The van der Waals surface area contributed by atoms with E-state index in [0.717, 1.165) is 38.2 Å². The van der Waals surface area contributed by atoms with Crippen molar-refractivity contribution in [2.75, 3.05) is 33.4 Å². The van der Waals surface area contributed by atoms with Gasteiger partial charge in [-0.25, -0.2) is 4.98 Å². The molecule has 158 valence electrons. The average molecular weight is 418 g/mol. The molecule has 1 fully saturated rings. The summed E-state index contributed by atoms with van der Waals surface area (Å²) in [6.45, 7) is 8.27. The number of ether oxygens (including phenoxy) is 2. The van der Waals surface area contributed by atoms with E-state index in [1.54, 1.807) is 24.5 Å². The zero-order chi connectivity index (χ0) is 20.6. The predicted octanol–water partition coefficient (Wildman–Crippen LogP) is 3.69. The standard InChI is InChI=1S/C22H31N3O3S/c1-16(2)20-15-29-21(24-20)14-25-10-7-18(8-11-25)28-19-6-4-5-17(13-19)22(26)23-9-12-27-3/h4-6,13,15-16,18H,7-12,14H2,1-3H3,(H,23,26). The van der Waals surface area contributed by atoms with E-state index >= 15 is 0 Å². The minimum atomic E-state index is -0.105. The van der Waals surface area contributed by atoms with Crippen molar-refractivity contribution in [2.45, 2.75) is 45.3 Å². The summed E-state index contributed by atoms with van der Waals surface area (Å²) in [5, 5.41) is 6.21. The Morgan fingerprint density at radius 1 is 1.34 bits per heavy atom. The lowest BCUT2D eigenvalue weighted by Crippen LogP contribution is -2.37. The van der Waals surface area contributed by atoms with Crippen LogP contribution in [0.25, 0.3) is 0 Å². The van der Waals surface area contributed by atoms with Crippen LogP contribution in [-0.2, 0) is 11.3 Å². The first-order chi connectivity index (χ1) is 14.0. The van der Waals surface area contributed by atoms with Crippen molar-refractivity contribution >= 4 is 17.2 Å². The predicted molar refractivity (Wildman–Crippen MR) is 116 cm³/mol. The zero-order valence-electron chi connectivity index (χ0n) is 17.5. The van der Waals surface area contributed by atoms with Crippen molar-refractivity contribution in [1.82, 2.24) is 15.2 Å². The second-order valence-electron chi connectivity index (χ2n) is 7.69. The molecule has 0 saturated carbocycles. The molecule has 0 aliphatic carbocycles. The first-order valence-electron chi connectivity index (χ1n) is 10.3. The van der Waals surface area contributed by atoms with Crippen molar-refractivity contribution < 1.29 is 14.3 Å². The van der Waals surface area contributed by atoms with Gasteiger partial charge in [0.25, 0.3) is 5.91 Å². The maximum Gasteiger partial charge on any atom is 0.251 e. The average Bonchev–Trinajstić information content (AvgIpc) is 3.19. The number of piperidine rings is 1. The first-order valence-corrected chi connectivity index (χ1v) is 11.1. The molecule has 1 aliphatic heterocycles. The number of aromatic nitrogens is 1. The minimum absolute atomic E-state index is 0.105. The molecule has 29 heavy (non-hydrogen) atoms. The smallest absolute Gasteiger partial charge is 0.251 e. The Kier molecular flexibility index (Phi) is 8.03. The number of methoxy groups -OCH3 is 1. The van der Waals surface area contributed by atoms with Crippen molar-refractivity contribution in [3.8, 4) is 5.75 Å². The van der Waals surface area contributed by atoms with Crippen LogP contribution in [0, 0.1) is 0 Å². The van der Waals surface area contributed by atoms with E-state index in [1.807, 2.05) is 18.2 Å². The normalized spacial score (nSPS) is 15.6. The highest BCUT2D eigenvalue weighted by Gasteiger charge is 2.22. The third-order valence-corrected chi connectivity index (χ3v) is 5.90. The second kappa shape index (κ2) is 10.7. The SMILES string of the molecule is COCCNC(=O)c1cccc(OC2CCN(Cc3nc(C(C)C)cs3)CC2)c1. The number of likely N-dealkylation sites (tertiary alicyclic amines) is 1. The van der Waals surface area contributed by atoms with Gasteiger partial charge in [0, 0.05) is 37.7 Å². The molecular weight excluding hydrogens is 386 g/mol. The maximum atomic E-state index is 12.2. The molecule has 1 amide bonds. The molecule has 1 aromatic carbocycles. The van der Waals surface area contributed by atoms with E-state index in [0.29, 0.717) is 24.6 Å². The van der Waals surface area contributed by atoms with E-state index in [9.17, 15) is 4.79 Å². The molecule has 2 aromatic rings. The molecule has 0 unspecified atom stereocenters. The summed E-state index contributed by atoms with van der Waals surface area (Å²) in [6.07, 6.45) is 2.14. The summed E-state index contributed by atoms with van der Waals surface area (Å²) in [6, 6.07) is 7.40. The monoisotopic (exact) mass is 417 g/mol. The van der Waals surface area contributed by atoms with Gasteiger partial charge < -0.3 is 14.8 Å². The molecule has 2 heterocycles. The van der Waals surface area contributed by atoms with Crippen molar-refractivity contribution in [3.05, 3.63) is 45.9 Å². The fourth-order valence-electron chi connectivity index (χ4n) is 3.31. The summed E-state index contributed by atoms with van der Waals surface area (Å²) in [5.74, 6) is 1.13. The molecule has 3 rings (SSSR count). The Bertz CT molecular complexity index is 785. The number of carbonyl (C=O) groups excluding carboxylic acids is 1. The zero-order valence-corrected chi connectivity index (χ0v) is 18.3. The number of thiazole rings is 1. The molecule has 0 atom stereocenters. The van der Waals surface area contributed by atoms with Crippen LogP contribution < -0.4 is 10.1 Å². The van der Waals surface area contributed by atoms with Crippen LogP contribution in [0.2, 0.25) is 0 Å². The van der Waals surface area contributed by atoms with Crippen LogP contribution in [0.5, 0.6) is 5.75 Å². The van der Waals surface area contributed by atoms with Crippen LogP contribution in [0.4, 0.5) is 0 Å². The van der Waals surface area contributed by atoms with Gasteiger partial charge in [0.05, 0.1) is 18.8 Å². The highest BCUT2D eigenvalue weighted by Crippen LogP contribution is 2.23. The van der Waals surface area contributed by atoms with Crippen molar-refractivity contribution in [1.29, 1.82) is 0 Å². The highest BCUT2D eigenvalue weighted by atomic mass is 32.1. The van der Waals surface area contributed by atoms with E-state index in [1.165, 1.54) is 10.7 Å². The second-order valence-corrected chi connectivity index (χ2v) is 8.63. The quantitative estimate of drug-likeness (QED) is 0.631. The molecule has 0 bridgehead atoms. The van der Waals surface area contributed by atoms with Gasteiger partial charge in [0.1, 0.15) is 16.9 Å². The molecule has 1 aromatic heterocycles. The molecule has 0 spiro atoms. The van der Waals surface area contributed by atoms with E-state index in [4.69, 9.17) is 14.5 Å². The van der Waals surface area contributed by atoms with Gasteiger partial charge in [-0.15, -0.1) is 11.3 Å². The van der Waals surface area contributed by atoms with Crippen LogP contribution in [0.1, 0.15) is 53.7 Å². The number of rotatable bonds is 9. The molecule has 1 saturated heterocycles. The molecule has 0 radical (unpaired) electrons. The first kappa shape index (κ1) is 21.7. The van der Waals surface area contributed by atoms with Gasteiger partial charge in [-0.1, -0.05) is 19.9 Å². The molecule has 7 heteroatoms.